The minimum atomic E-state index is -0.297. The Kier molecular flexibility index (Phi) is 3.96. The number of rotatable bonds is 3. The van der Waals surface area contributed by atoms with Gasteiger partial charge in [0.1, 0.15) is 5.00 Å². The Morgan fingerprint density at radius 1 is 1.13 bits per heavy atom. The van der Waals surface area contributed by atoms with E-state index < -0.39 is 0 Å². The van der Waals surface area contributed by atoms with Gasteiger partial charge in [-0.3, -0.25) is 9.59 Å². The highest BCUT2D eigenvalue weighted by Gasteiger charge is 2.22. The van der Waals surface area contributed by atoms with Crippen LogP contribution >= 0.6 is 11.3 Å². The number of fused-ring (bicyclic) bond motifs is 1. The SMILES string of the molecule is CNC(=O)c1c(NC(=O)c2ccc3c(c2)OCO3)sc(C)c1C. The molecule has 0 atom stereocenters. The molecule has 7 heteroatoms. The molecule has 0 spiro atoms. The number of ether oxygens (including phenoxy) is 2. The summed E-state index contributed by atoms with van der Waals surface area (Å²) in [5.41, 5.74) is 1.82. The van der Waals surface area contributed by atoms with Gasteiger partial charge in [-0.1, -0.05) is 0 Å². The fourth-order valence-corrected chi connectivity index (χ4v) is 3.38. The van der Waals surface area contributed by atoms with E-state index >= 15 is 0 Å². The van der Waals surface area contributed by atoms with Gasteiger partial charge in [0.05, 0.1) is 5.56 Å². The molecule has 3 rings (SSSR count). The lowest BCUT2D eigenvalue weighted by molar-refractivity contribution is 0.0963. The van der Waals surface area contributed by atoms with Crippen molar-refractivity contribution >= 4 is 28.2 Å². The molecular weight excluding hydrogens is 316 g/mol. The summed E-state index contributed by atoms with van der Waals surface area (Å²) in [5, 5.41) is 5.96. The van der Waals surface area contributed by atoms with Gasteiger partial charge in [-0.25, -0.2) is 0 Å². The predicted octanol–water partition coefficient (Wildman–Crippen LogP) is 2.71. The summed E-state index contributed by atoms with van der Waals surface area (Å²) in [6.07, 6.45) is 0. The van der Waals surface area contributed by atoms with Crippen LogP contribution in [0, 0.1) is 13.8 Å². The zero-order valence-electron chi connectivity index (χ0n) is 13.0. The summed E-state index contributed by atoms with van der Waals surface area (Å²) in [7, 11) is 1.57. The van der Waals surface area contributed by atoms with Crippen LogP contribution in [-0.4, -0.2) is 25.7 Å². The van der Waals surface area contributed by atoms with E-state index in [4.69, 9.17) is 9.47 Å². The van der Waals surface area contributed by atoms with E-state index in [0.29, 0.717) is 27.6 Å². The Morgan fingerprint density at radius 2 is 1.87 bits per heavy atom. The molecule has 2 heterocycles. The van der Waals surface area contributed by atoms with Crippen molar-refractivity contribution in [2.24, 2.45) is 0 Å². The van der Waals surface area contributed by atoms with E-state index in [-0.39, 0.29) is 18.6 Å². The van der Waals surface area contributed by atoms with Gasteiger partial charge >= 0.3 is 0 Å². The van der Waals surface area contributed by atoms with E-state index in [2.05, 4.69) is 10.6 Å². The number of hydrogen-bond acceptors (Lipinski definition) is 5. The molecule has 0 fully saturated rings. The van der Waals surface area contributed by atoms with Crippen LogP contribution in [0.2, 0.25) is 0 Å². The monoisotopic (exact) mass is 332 g/mol. The number of thiophene rings is 1. The Hall–Kier alpha value is -2.54. The molecule has 1 aromatic carbocycles. The first-order valence-corrected chi connectivity index (χ1v) is 7.86. The molecule has 1 aliphatic rings. The number of hydrogen-bond donors (Lipinski definition) is 2. The van der Waals surface area contributed by atoms with E-state index in [0.717, 1.165) is 10.4 Å². The van der Waals surface area contributed by atoms with Crippen molar-refractivity contribution in [2.45, 2.75) is 13.8 Å². The highest BCUT2D eigenvalue weighted by atomic mass is 32.1. The minimum absolute atomic E-state index is 0.157. The van der Waals surface area contributed by atoms with Crippen molar-refractivity contribution in [3.8, 4) is 11.5 Å². The summed E-state index contributed by atoms with van der Waals surface area (Å²) in [6, 6.07) is 4.99. The fourth-order valence-electron chi connectivity index (χ4n) is 2.33. The van der Waals surface area contributed by atoms with Gasteiger partial charge in [-0.05, 0) is 37.6 Å². The van der Waals surface area contributed by atoms with Crippen LogP contribution < -0.4 is 20.1 Å². The number of amides is 2. The summed E-state index contributed by atoms with van der Waals surface area (Å²) in [5.74, 6) is 0.653. The standard InChI is InChI=1S/C16H16N2O4S/c1-8-9(2)23-16(13(8)15(20)17-3)18-14(19)10-4-5-11-12(6-10)22-7-21-11/h4-6H,7H2,1-3H3,(H,17,20)(H,18,19). The lowest BCUT2D eigenvalue weighted by Gasteiger charge is -2.07. The van der Waals surface area contributed by atoms with Crippen LogP contribution in [0.4, 0.5) is 5.00 Å². The number of nitrogens with one attached hydrogen (secondary N) is 2. The van der Waals surface area contributed by atoms with Crippen LogP contribution in [0.15, 0.2) is 18.2 Å². The first-order valence-electron chi connectivity index (χ1n) is 7.04. The smallest absolute Gasteiger partial charge is 0.256 e. The van der Waals surface area contributed by atoms with Gasteiger partial charge < -0.3 is 20.1 Å². The van der Waals surface area contributed by atoms with Crippen molar-refractivity contribution in [1.82, 2.24) is 5.32 Å². The van der Waals surface area contributed by atoms with Crippen molar-refractivity contribution in [3.05, 3.63) is 39.8 Å². The average molecular weight is 332 g/mol. The molecule has 2 aromatic rings. The van der Waals surface area contributed by atoms with E-state index in [1.165, 1.54) is 11.3 Å². The molecule has 1 aromatic heterocycles. The minimum Gasteiger partial charge on any atom is -0.454 e. The third-order valence-electron chi connectivity index (χ3n) is 3.70. The van der Waals surface area contributed by atoms with Crippen LogP contribution in [0.5, 0.6) is 11.5 Å². The Morgan fingerprint density at radius 3 is 2.61 bits per heavy atom. The Bertz CT molecular complexity index is 798. The molecule has 2 N–H and O–H groups in total. The Labute approximate surface area is 137 Å². The molecule has 0 bridgehead atoms. The molecule has 0 aliphatic carbocycles. The molecular formula is C16H16N2O4S. The summed E-state index contributed by atoms with van der Waals surface area (Å²) < 4.78 is 10.5. The highest BCUT2D eigenvalue weighted by Crippen LogP contribution is 2.35. The molecule has 0 radical (unpaired) electrons. The number of benzene rings is 1. The normalized spacial score (nSPS) is 12.1. The van der Waals surface area contributed by atoms with Gasteiger partial charge in [-0.15, -0.1) is 11.3 Å². The largest absolute Gasteiger partial charge is 0.454 e. The molecule has 0 saturated carbocycles. The van der Waals surface area contributed by atoms with Crippen molar-refractivity contribution in [3.63, 3.8) is 0 Å². The molecule has 23 heavy (non-hydrogen) atoms. The Balaban J connectivity index is 1.89. The van der Waals surface area contributed by atoms with Gasteiger partial charge in [0, 0.05) is 17.5 Å². The van der Waals surface area contributed by atoms with Crippen LogP contribution in [-0.2, 0) is 0 Å². The number of carbonyl (C=O) groups excluding carboxylic acids is 2. The average Bonchev–Trinajstić information content (AvgIpc) is 3.11. The second-order valence-electron chi connectivity index (χ2n) is 5.09. The predicted molar refractivity (Wildman–Crippen MR) is 87.7 cm³/mol. The first-order chi connectivity index (χ1) is 11.0. The van der Waals surface area contributed by atoms with Gasteiger partial charge in [0.25, 0.3) is 11.8 Å². The quantitative estimate of drug-likeness (QED) is 0.906. The zero-order valence-corrected chi connectivity index (χ0v) is 13.8. The molecule has 2 amide bonds. The maximum atomic E-state index is 12.5. The molecule has 6 nitrogen and oxygen atoms in total. The topological polar surface area (TPSA) is 76.7 Å². The highest BCUT2D eigenvalue weighted by molar-refractivity contribution is 7.16. The first kappa shape index (κ1) is 15.4. The third kappa shape index (κ3) is 2.75. The van der Waals surface area contributed by atoms with Gasteiger partial charge in [-0.2, -0.15) is 0 Å². The van der Waals surface area contributed by atoms with Crippen LogP contribution in [0.3, 0.4) is 0 Å². The molecule has 1 aliphatic heterocycles. The summed E-state index contributed by atoms with van der Waals surface area (Å²) in [4.78, 5) is 25.5. The van der Waals surface area contributed by atoms with Gasteiger partial charge in [0.2, 0.25) is 6.79 Å². The van der Waals surface area contributed by atoms with Gasteiger partial charge in [0.15, 0.2) is 11.5 Å². The number of aryl methyl sites for hydroxylation is 1. The zero-order chi connectivity index (χ0) is 16.6. The van der Waals surface area contributed by atoms with Crippen molar-refractivity contribution in [2.75, 3.05) is 19.2 Å². The van der Waals surface area contributed by atoms with Crippen molar-refractivity contribution < 1.29 is 19.1 Å². The maximum Gasteiger partial charge on any atom is 0.256 e. The summed E-state index contributed by atoms with van der Waals surface area (Å²) in [6.45, 7) is 3.94. The second-order valence-corrected chi connectivity index (χ2v) is 6.31. The fraction of sp³-hybridized carbons (Fsp3) is 0.250. The lowest BCUT2D eigenvalue weighted by Crippen LogP contribution is -2.21. The summed E-state index contributed by atoms with van der Waals surface area (Å²) >= 11 is 1.38. The number of anilines is 1. The lowest BCUT2D eigenvalue weighted by atomic mass is 10.1. The molecule has 120 valence electrons. The number of carbonyl (C=O) groups is 2. The third-order valence-corrected chi connectivity index (χ3v) is 4.82. The second kappa shape index (κ2) is 5.92. The van der Waals surface area contributed by atoms with E-state index in [1.54, 1.807) is 25.2 Å². The van der Waals surface area contributed by atoms with E-state index in [9.17, 15) is 9.59 Å². The van der Waals surface area contributed by atoms with Crippen LogP contribution in [0.25, 0.3) is 0 Å². The van der Waals surface area contributed by atoms with Crippen LogP contribution in [0.1, 0.15) is 31.2 Å². The van der Waals surface area contributed by atoms with E-state index in [1.807, 2.05) is 13.8 Å². The maximum absolute atomic E-state index is 12.5. The van der Waals surface area contributed by atoms with Crippen molar-refractivity contribution in [1.29, 1.82) is 0 Å². The molecule has 0 saturated heterocycles. The molecule has 0 unspecified atom stereocenters.